The molecule has 0 bridgehead atoms. The van der Waals surface area contributed by atoms with Crippen LogP contribution in [0.1, 0.15) is 65.2 Å². The highest BCUT2D eigenvalue weighted by Gasteiger charge is 1.95. The van der Waals surface area contributed by atoms with Crippen molar-refractivity contribution in [1.82, 2.24) is 0 Å². The Kier molecular flexibility index (Phi) is 21.2. The first kappa shape index (κ1) is 15.4. The lowest BCUT2D eigenvalue weighted by Gasteiger charge is -2.05. The average molecular weight is 188 g/mol. The fourth-order valence-corrected chi connectivity index (χ4v) is 0.500. The van der Waals surface area contributed by atoms with Crippen LogP contribution in [0.5, 0.6) is 0 Å². The van der Waals surface area contributed by atoms with Gasteiger partial charge in [0.1, 0.15) is 0 Å². The molecule has 0 aromatic heterocycles. The van der Waals surface area contributed by atoms with Gasteiger partial charge in [-0.15, -0.1) is 0 Å². The molecular weight excluding hydrogens is 160 g/mol. The summed E-state index contributed by atoms with van der Waals surface area (Å²) in [4.78, 5) is 0. The molecule has 1 nitrogen and oxygen atoms in total. The summed E-state index contributed by atoms with van der Waals surface area (Å²) in [5, 5.41) is 0. The third kappa shape index (κ3) is 18.7. The Labute approximate surface area is 84.9 Å². The van der Waals surface area contributed by atoms with Crippen LogP contribution >= 0.6 is 0 Å². The molecule has 2 aliphatic rings. The van der Waals surface area contributed by atoms with Crippen LogP contribution in [-0.2, 0) is 4.74 Å². The van der Waals surface area contributed by atoms with Crippen LogP contribution in [0.2, 0.25) is 0 Å². The third-order valence-corrected chi connectivity index (χ3v) is 2.00. The Morgan fingerprint density at radius 2 is 0.615 bits per heavy atom. The van der Waals surface area contributed by atoms with E-state index in [9.17, 15) is 0 Å². The van der Waals surface area contributed by atoms with Gasteiger partial charge < -0.3 is 4.74 Å². The number of hydrogen-bond acceptors (Lipinski definition) is 1. The molecule has 2 saturated carbocycles. The first-order valence-electron chi connectivity index (χ1n) is 5.82. The molecule has 0 amide bonds. The molecule has 0 aromatic carbocycles. The molecular formula is C12H28O. The zero-order valence-corrected chi connectivity index (χ0v) is 10.1. The van der Waals surface area contributed by atoms with Crippen molar-refractivity contribution in [2.24, 2.45) is 0 Å². The highest BCUT2D eigenvalue weighted by Crippen LogP contribution is 2.15. The molecule has 0 atom stereocenters. The summed E-state index contributed by atoms with van der Waals surface area (Å²) in [6.07, 6.45) is 12.0. The quantitative estimate of drug-likeness (QED) is 0.547. The summed E-state index contributed by atoms with van der Waals surface area (Å²) in [6, 6.07) is 0. The van der Waals surface area contributed by atoms with Gasteiger partial charge in [-0.2, -0.15) is 0 Å². The summed E-state index contributed by atoms with van der Waals surface area (Å²) >= 11 is 0. The van der Waals surface area contributed by atoms with Gasteiger partial charge in [-0.05, 0) is 0 Å². The summed E-state index contributed by atoms with van der Waals surface area (Å²) < 4.78 is 4.25. The average Bonchev–Trinajstić information content (AvgIpc) is 1.84. The fraction of sp³-hybridized carbons (Fsp3) is 1.00. The minimum atomic E-state index is 1.50. The van der Waals surface area contributed by atoms with E-state index in [4.69, 9.17) is 0 Å². The molecule has 0 spiro atoms. The van der Waals surface area contributed by atoms with Crippen LogP contribution in [0, 0.1) is 0 Å². The molecule has 0 aromatic rings. The second kappa shape index (κ2) is 17.9. The van der Waals surface area contributed by atoms with Crippen LogP contribution in [0.25, 0.3) is 0 Å². The Morgan fingerprint density at radius 1 is 0.538 bits per heavy atom. The SMILES string of the molecule is C1CCC1.C1CCC1.CC.COC. The highest BCUT2D eigenvalue weighted by molar-refractivity contribution is 4.51. The van der Waals surface area contributed by atoms with Gasteiger partial charge in [0.2, 0.25) is 0 Å². The largest absolute Gasteiger partial charge is 0.388 e. The van der Waals surface area contributed by atoms with Crippen LogP contribution in [-0.4, -0.2) is 14.2 Å². The van der Waals surface area contributed by atoms with E-state index in [0.717, 1.165) is 0 Å². The minimum Gasteiger partial charge on any atom is -0.388 e. The lowest BCUT2D eigenvalue weighted by Crippen LogP contribution is -1.85. The standard InChI is InChI=1S/2C4H8.C2H6O.C2H6/c2*1-2-4-3-1;1-3-2;1-2/h2*1-4H2;1-2H3;1-2H3. The van der Waals surface area contributed by atoms with Gasteiger partial charge in [-0.25, -0.2) is 0 Å². The maximum absolute atomic E-state index is 4.25. The Balaban J connectivity index is 0. The van der Waals surface area contributed by atoms with Crippen molar-refractivity contribution in [3.63, 3.8) is 0 Å². The predicted molar refractivity (Wildman–Crippen MR) is 61.2 cm³/mol. The zero-order chi connectivity index (χ0) is 10.4. The van der Waals surface area contributed by atoms with Crippen molar-refractivity contribution in [2.45, 2.75) is 65.2 Å². The number of rotatable bonds is 0. The van der Waals surface area contributed by atoms with Crippen molar-refractivity contribution in [2.75, 3.05) is 14.2 Å². The second-order valence-corrected chi connectivity index (χ2v) is 3.24. The van der Waals surface area contributed by atoms with Crippen molar-refractivity contribution >= 4 is 0 Å². The van der Waals surface area contributed by atoms with Gasteiger partial charge in [0.15, 0.2) is 0 Å². The summed E-state index contributed by atoms with van der Waals surface area (Å²) in [5.41, 5.74) is 0. The molecule has 0 unspecified atom stereocenters. The molecule has 82 valence electrons. The maximum atomic E-state index is 4.25. The van der Waals surface area contributed by atoms with Gasteiger partial charge in [0.25, 0.3) is 0 Å². The van der Waals surface area contributed by atoms with Crippen molar-refractivity contribution in [1.29, 1.82) is 0 Å². The smallest absolute Gasteiger partial charge is 0.0351 e. The molecule has 0 N–H and O–H groups in total. The Bertz CT molecular complexity index is 38.1. The van der Waals surface area contributed by atoms with E-state index >= 15 is 0 Å². The highest BCUT2D eigenvalue weighted by atomic mass is 16.4. The van der Waals surface area contributed by atoms with Crippen LogP contribution in [0.4, 0.5) is 0 Å². The van der Waals surface area contributed by atoms with E-state index in [2.05, 4.69) is 4.74 Å². The Hall–Kier alpha value is -0.0400. The normalized spacial score (nSPS) is 16.6. The summed E-state index contributed by atoms with van der Waals surface area (Å²) in [6.45, 7) is 4.00. The lowest BCUT2D eigenvalue weighted by atomic mass is 10.0. The van der Waals surface area contributed by atoms with Crippen LogP contribution in [0.3, 0.4) is 0 Å². The van der Waals surface area contributed by atoms with E-state index < -0.39 is 0 Å². The minimum absolute atomic E-state index is 1.50. The topological polar surface area (TPSA) is 9.23 Å². The van der Waals surface area contributed by atoms with Crippen molar-refractivity contribution in [3.8, 4) is 0 Å². The Morgan fingerprint density at radius 3 is 0.615 bits per heavy atom. The van der Waals surface area contributed by atoms with Gasteiger partial charge in [0.05, 0.1) is 0 Å². The molecule has 0 saturated heterocycles. The second-order valence-electron chi connectivity index (χ2n) is 3.24. The van der Waals surface area contributed by atoms with Gasteiger partial charge in [-0.3, -0.25) is 0 Å². The zero-order valence-electron chi connectivity index (χ0n) is 10.1. The van der Waals surface area contributed by atoms with Gasteiger partial charge >= 0.3 is 0 Å². The lowest BCUT2D eigenvalue weighted by molar-refractivity contribution is 0.277. The first-order chi connectivity index (χ1) is 6.41. The van der Waals surface area contributed by atoms with Crippen molar-refractivity contribution in [3.05, 3.63) is 0 Å². The van der Waals surface area contributed by atoms with E-state index in [0.29, 0.717) is 0 Å². The van der Waals surface area contributed by atoms with E-state index in [1.807, 2.05) is 13.8 Å². The molecule has 0 heterocycles. The molecule has 2 aliphatic carbocycles. The van der Waals surface area contributed by atoms with Crippen LogP contribution < -0.4 is 0 Å². The van der Waals surface area contributed by atoms with Crippen LogP contribution in [0.15, 0.2) is 0 Å². The molecule has 2 rings (SSSR count). The number of methoxy groups -OCH3 is 1. The molecule has 13 heavy (non-hydrogen) atoms. The summed E-state index contributed by atoms with van der Waals surface area (Å²) in [7, 11) is 3.25. The van der Waals surface area contributed by atoms with Gasteiger partial charge in [0, 0.05) is 14.2 Å². The number of ether oxygens (including phenoxy) is 1. The molecule has 0 aliphatic heterocycles. The van der Waals surface area contributed by atoms with E-state index in [1.54, 1.807) is 14.2 Å². The first-order valence-corrected chi connectivity index (χ1v) is 5.82. The van der Waals surface area contributed by atoms with E-state index in [1.165, 1.54) is 51.4 Å². The molecule has 2 fully saturated rings. The monoisotopic (exact) mass is 188 g/mol. The summed E-state index contributed by atoms with van der Waals surface area (Å²) in [5.74, 6) is 0. The van der Waals surface area contributed by atoms with Crippen molar-refractivity contribution < 1.29 is 4.74 Å². The fourth-order valence-electron chi connectivity index (χ4n) is 0.500. The maximum Gasteiger partial charge on any atom is 0.0351 e. The molecule has 1 heteroatoms. The van der Waals surface area contributed by atoms with Gasteiger partial charge in [-0.1, -0.05) is 65.2 Å². The number of hydrogen-bond donors (Lipinski definition) is 0. The van der Waals surface area contributed by atoms with E-state index in [-0.39, 0.29) is 0 Å². The molecule has 0 radical (unpaired) electrons. The third-order valence-electron chi connectivity index (χ3n) is 2.00. The predicted octanol–water partition coefficient (Wildman–Crippen LogP) is 4.41.